The summed E-state index contributed by atoms with van der Waals surface area (Å²) in [6.45, 7) is 5.58. The number of rotatable bonds is 10. The fourth-order valence-corrected chi connectivity index (χ4v) is 3.46. The molecule has 0 radical (unpaired) electrons. The highest BCUT2D eigenvalue weighted by molar-refractivity contribution is 7.99. The van der Waals surface area contributed by atoms with Gasteiger partial charge < -0.3 is 19.4 Å². The van der Waals surface area contributed by atoms with Gasteiger partial charge in [0.25, 0.3) is 0 Å². The van der Waals surface area contributed by atoms with Gasteiger partial charge in [-0.1, -0.05) is 30.0 Å². The van der Waals surface area contributed by atoms with Crippen LogP contribution >= 0.6 is 11.8 Å². The lowest BCUT2D eigenvalue weighted by Gasteiger charge is -2.09. The number of nitrogens with one attached hydrogen (secondary N) is 1. The van der Waals surface area contributed by atoms with Crippen LogP contribution in [0.3, 0.4) is 0 Å². The molecule has 1 amide bonds. The summed E-state index contributed by atoms with van der Waals surface area (Å²) in [5.41, 5.74) is 0.730. The number of amides is 1. The van der Waals surface area contributed by atoms with Gasteiger partial charge in [-0.25, -0.2) is 0 Å². The SMILES string of the molecule is CCOc1ccc(NC(=O)CSc2nnc(COc3ccccc3)n2CC)cc1. The molecule has 8 heteroatoms. The summed E-state index contributed by atoms with van der Waals surface area (Å²) in [5, 5.41) is 12.0. The van der Waals surface area contributed by atoms with E-state index in [2.05, 4.69) is 15.5 Å². The van der Waals surface area contributed by atoms with E-state index in [1.165, 1.54) is 11.8 Å². The van der Waals surface area contributed by atoms with E-state index in [1.807, 2.05) is 73.0 Å². The molecule has 0 aliphatic carbocycles. The van der Waals surface area contributed by atoms with Crippen LogP contribution in [0.2, 0.25) is 0 Å². The Kier molecular flexibility index (Phi) is 7.52. The molecule has 0 spiro atoms. The monoisotopic (exact) mass is 412 g/mol. The number of carbonyl (C=O) groups excluding carboxylic acids is 1. The second-order valence-corrected chi connectivity index (χ2v) is 6.98. The van der Waals surface area contributed by atoms with Crippen LogP contribution in [0.4, 0.5) is 5.69 Å². The van der Waals surface area contributed by atoms with E-state index in [1.54, 1.807) is 0 Å². The molecule has 29 heavy (non-hydrogen) atoms. The van der Waals surface area contributed by atoms with Crippen LogP contribution in [0.5, 0.6) is 11.5 Å². The van der Waals surface area contributed by atoms with Crippen LogP contribution in [0, 0.1) is 0 Å². The number of aromatic nitrogens is 3. The van der Waals surface area contributed by atoms with Gasteiger partial charge in [0.1, 0.15) is 18.1 Å². The molecule has 0 aliphatic heterocycles. The zero-order valence-electron chi connectivity index (χ0n) is 16.5. The Labute approximate surface area is 174 Å². The summed E-state index contributed by atoms with van der Waals surface area (Å²) >= 11 is 1.35. The Hall–Kier alpha value is -3.00. The van der Waals surface area contributed by atoms with Gasteiger partial charge in [0.05, 0.1) is 12.4 Å². The Morgan fingerprint density at radius 1 is 1.00 bits per heavy atom. The maximum absolute atomic E-state index is 12.3. The first-order chi connectivity index (χ1) is 14.2. The number of nitrogens with zero attached hydrogens (tertiary/aromatic N) is 3. The maximum Gasteiger partial charge on any atom is 0.234 e. The van der Waals surface area contributed by atoms with E-state index < -0.39 is 0 Å². The van der Waals surface area contributed by atoms with Crippen molar-refractivity contribution in [2.24, 2.45) is 0 Å². The highest BCUT2D eigenvalue weighted by Gasteiger charge is 2.14. The van der Waals surface area contributed by atoms with E-state index in [9.17, 15) is 4.79 Å². The van der Waals surface area contributed by atoms with Gasteiger partial charge in [-0.05, 0) is 50.2 Å². The van der Waals surface area contributed by atoms with Crippen LogP contribution in [-0.4, -0.2) is 33.0 Å². The number of ether oxygens (including phenoxy) is 2. The molecule has 7 nitrogen and oxygen atoms in total. The van der Waals surface area contributed by atoms with Crippen LogP contribution in [0.15, 0.2) is 59.8 Å². The third kappa shape index (κ3) is 5.99. The predicted octanol–water partition coefficient (Wildman–Crippen LogP) is 4.01. The van der Waals surface area contributed by atoms with Crippen molar-refractivity contribution in [2.45, 2.75) is 32.2 Å². The summed E-state index contributed by atoms with van der Waals surface area (Å²) in [7, 11) is 0. The topological polar surface area (TPSA) is 78.3 Å². The first-order valence-corrected chi connectivity index (χ1v) is 10.4. The average molecular weight is 413 g/mol. The van der Waals surface area contributed by atoms with Crippen LogP contribution in [0.25, 0.3) is 0 Å². The van der Waals surface area contributed by atoms with Gasteiger partial charge in [-0.15, -0.1) is 10.2 Å². The molecule has 2 aromatic carbocycles. The number of benzene rings is 2. The van der Waals surface area contributed by atoms with Gasteiger partial charge in [0.2, 0.25) is 5.91 Å². The van der Waals surface area contributed by atoms with Crippen molar-refractivity contribution in [3.05, 3.63) is 60.4 Å². The molecule has 0 bridgehead atoms. The molecule has 1 heterocycles. The maximum atomic E-state index is 12.3. The summed E-state index contributed by atoms with van der Waals surface area (Å²) < 4.78 is 13.1. The molecule has 0 saturated carbocycles. The number of thioether (sulfide) groups is 1. The van der Waals surface area contributed by atoms with Crippen molar-refractivity contribution in [3.8, 4) is 11.5 Å². The fraction of sp³-hybridized carbons (Fsp3) is 0.286. The molecule has 3 aromatic rings. The van der Waals surface area contributed by atoms with Crippen LogP contribution in [0.1, 0.15) is 19.7 Å². The minimum Gasteiger partial charge on any atom is -0.494 e. The lowest BCUT2D eigenvalue weighted by molar-refractivity contribution is -0.113. The van der Waals surface area contributed by atoms with Gasteiger partial charge in [-0.2, -0.15) is 0 Å². The standard InChI is InChI=1S/C21H24N4O3S/c1-3-25-19(14-28-17-8-6-5-7-9-17)23-24-21(25)29-15-20(26)22-16-10-12-18(13-11-16)27-4-2/h5-13H,3-4,14-15H2,1-2H3,(H,22,26). The van der Waals surface area contributed by atoms with E-state index in [0.29, 0.717) is 24.9 Å². The number of hydrogen-bond acceptors (Lipinski definition) is 6. The third-order valence-electron chi connectivity index (χ3n) is 4.00. The van der Waals surface area contributed by atoms with E-state index in [-0.39, 0.29) is 11.7 Å². The molecule has 1 aromatic heterocycles. The van der Waals surface area contributed by atoms with Gasteiger partial charge in [0.15, 0.2) is 11.0 Å². The number of para-hydroxylation sites is 1. The molecular formula is C21H24N4O3S. The molecule has 1 N–H and O–H groups in total. The lowest BCUT2D eigenvalue weighted by Crippen LogP contribution is -2.15. The first kappa shape index (κ1) is 20.7. The van der Waals surface area contributed by atoms with Crippen molar-refractivity contribution in [2.75, 3.05) is 17.7 Å². The number of hydrogen-bond donors (Lipinski definition) is 1. The first-order valence-electron chi connectivity index (χ1n) is 9.45. The largest absolute Gasteiger partial charge is 0.494 e. The zero-order chi connectivity index (χ0) is 20.5. The summed E-state index contributed by atoms with van der Waals surface area (Å²) in [5.74, 6) is 2.42. The highest BCUT2D eigenvalue weighted by atomic mass is 32.2. The summed E-state index contributed by atoms with van der Waals surface area (Å²) in [6.07, 6.45) is 0. The second-order valence-electron chi connectivity index (χ2n) is 6.04. The van der Waals surface area contributed by atoms with E-state index >= 15 is 0 Å². The van der Waals surface area contributed by atoms with Crippen molar-refractivity contribution in [1.29, 1.82) is 0 Å². The molecule has 3 rings (SSSR count). The molecule has 0 atom stereocenters. The van der Waals surface area contributed by atoms with Crippen LogP contribution < -0.4 is 14.8 Å². The molecular weight excluding hydrogens is 388 g/mol. The second kappa shape index (κ2) is 10.5. The molecule has 0 saturated heterocycles. The Morgan fingerprint density at radius 2 is 1.72 bits per heavy atom. The van der Waals surface area contributed by atoms with Crippen molar-refractivity contribution in [1.82, 2.24) is 14.8 Å². The quantitative estimate of drug-likeness (QED) is 0.507. The lowest BCUT2D eigenvalue weighted by atomic mass is 10.3. The van der Waals surface area contributed by atoms with E-state index in [4.69, 9.17) is 9.47 Å². The summed E-state index contributed by atoms with van der Waals surface area (Å²) in [4.78, 5) is 12.3. The molecule has 0 aliphatic rings. The van der Waals surface area contributed by atoms with E-state index in [0.717, 1.165) is 23.0 Å². The predicted molar refractivity (Wildman–Crippen MR) is 113 cm³/mol. The van der Waals surface area contributed by atoms with Crippen molar-refractivity contribution in [3.63, 3.8) is 0 Å². The molecule has 152 valence electrons. The minimum atomic E-state index is -0.105. The molecule has 0 unspecified atom stereocenters. The third-order valence-corrected chi connectivity index (χ3v) is 4.97. The minimum absolute atomic E-state index is 0.105. The van der Waals surface area contributed by atoms with Crippen molar-refractivity contribution < 1.29 is 14.3 Å². The highest BCUT2D eigenvalue weighted by Crippen LogP contribution is 2.20. The van der Waals surface area contributed by atoms with Gasteiger partial charge in [0, 0.05) is 12.2 Å². The number of anilines is 1. The molecule has 0 fully saturated rings. The zero-order valence-corrected chi connectivity index (χ0v) is 17.3. The Morgan fingerprint density at radius 3 is 2.41 bits per heavy atom. The van der Waals surface area contributed by atoms with Gasteiger partial charge in [-0.3, -0.25) is 4.79 Å². The summed E-state index contributed by atoms with van der Waals surface area (Å²) in [6, 6.07) is 16.9. The Bertz CT molecular complexity index is 913. The van der Waals surface area contributed by atoms with Gasteiger partial charge >= 0.3 is 0 Å². The fourth-order valence-electron chi connectivity index (χ4n) is 2.64. The average Bonchev–Trinajstić information content (AvgIpc) is 3.15. The van der Waals surface area contributed by atoms with Crippen LogP contribution in [-0.2, 0) is 17.9 Å². The smallest absolute Gasteiger partial charge is 0.234 e. The Balaban J connectivity index is 1.53. The van der Waals surface area contributed by atoms with Crippen molar-refractivity contribution >= 4 is 23.4 Å². The normalized spacial score (nSPS) is 10.6. The number of carbonyl (C=O) groups is 1.